The average Bonchev–Trinajstić information content (AvgIpc) is 2.27. The van der Waals surface area contributed by atoms with Crippen molar-refractivity contribution in [1.82, 2.24) is 4.98 Å². The molecule has 16 heavy (non-hydrogen) atoms. The summed E-state index contributed by atoms with van der Waals surface area (Å²) in [4.78, 5) is 4.05. The second-order valence-electron chi connectivity index (χ2n) is 3.93. The summed E-state index contributed by atoms with van der Waals surface area (Å²) in [6, 6.07) is 1.57. The van der Waals surface area contributed by atoms with Gasteiger partial charge in [-0.15, -0.1) is 0 Å². The molecule has 1 aromatic heterocycles. The molecule has 0 spiro atoms. The van der Waals surface area contributed by atoms with Crippen molar-refractivity contribution in [1.29, 1.82) is 0 Å². The van der Waals surface area contributed by atoms with Gasteiger partial charge in [0.1, 0.15) is 11.1 Å². The van der Waals surface area contributed by atoms with E-state index in [9.17, 15) is 0 Å². The molecule has 0 unspecified atom stereocenters. The Morgan fingerprint density at radius 1 is 1.06 bits per heavy atom. The van der Waals surface area contributed by atoms with Crippen LogP contribution in [0.15, 0.2) is 6.07 Å². The summed E-state index contributed by atoms with van der Waals surface area (Å²) in [5.41, 5.74) is 0. The van der Waals surface area contributed by atoms with Crippen LogP contribution < -0.4 is 4.74 Å². The third kappa shape index (κ3) is 2.93. The van der Waals surface area contributed by atoms with E-state index in [1.165, 1.54) is 19.3 Å². The lowest BCUT2D eigenvalue weighted by Crippen LogP contribution is -2.20. The summed E-state index contributed by atoms with van der Waals surface area (Å²) in [6.45, 7) is 0. The van der Waals surface area contributed by atoms with E-state index in [0.717, 1.165) is 12.8 Å². The zero-order valence-corrected chi connectivity index (χ0v) is 10.9. The molecule has 1 fully saturated rings. The number of hydrogen-bond donors (Lipinski definition) is 0. The van der Waals surface area contributed by atoms with Gasteiger partial charge in [0, 0.05) is 0 Å². The molecule has 0 N–H and O–H groups in total. The second kappa shape index (κ2) is 5.44. The fourth-order valence-corrected chi connectivity index (χ4v) is 2.39. The molecule has 0 bridgehead atoms. The molecule has 1 aliphatic rings. The second-order valence-corrected chi connectivity index (χ2v) is 5.10. The molecular weight excluding hydrogens is 268 g/mol. The van der Waals surface area contributed by atoms with Gasteiger partial charge in [0.05, 0.1) is 5.02 Å². The van der Waals surface area contributed by atoms with Crippen LogP contribution in [-0.4, -0.2) is 11.1 Å². The molecule has 88 valence electrons. The zero-order valence-electron chi connectivity index (χ0n) is 8.68. The smallest absolute Gasteiger partial charge is 0.234 e. The van der Waals surface area contributed by atoms with E-state index in [-0.39, 0.29) is 11.3 Å². The summed E-state index contributed by atoms with van der Waals surface area (Å²) in [6.07, 6.45) is 5.99. The van der Waals surface area contributed by atoms with Crippen LogP contribution in [-0.2, 0) is 0 Å². The standard InChI is InChI=1S/C11H12Cl3NO/c12-8-6-9(13)11(15-10(8)14)16-7-4-2-1-3-5-7/h6-7H,1-5H2. The van der Waals surface area contributed by atoms with Crippen molar-refractivity contribution in [2.24, 2.45) is 0 Å². The summed E-state index contributed by atoms with van der Waals surface area (Å²) < 4.78 is 5.74. The van der Waals surface area contributed by atoms with Gasteiger partial charge < -0.3 is 4.74 Å². The molecule has 2 rings (SSSR count). The van der Waals surface area contributed by atoms with E-state index < -0.39 is 0 Å². The molecule has 1 heterocycles. The van der Waals surface area contributed by atoms with Gasteiger partial charge in [0.2, 0.25) is 5.88 Å². The minimum atomic E-state index is 0.205. The van der Waals surface area contributed by atoms with E-state index in [1.807, 2.05) is 0 Å². The molecule has 0 saturated heterocycles. The van der Waals surface area contributed by atoms with Crippen molar-refractivity contribution in [3.8, 4) is 5.88 Å². The van der Waals surface area contributed by atoms with Crippen LogP contribution in [0.3, 0.4) is 0 Å². The normalized spacial score (nSPS) is 17.4. The molecule has 1 aliphatic carbocycles. The summed E-state index contributed by atoms with van der Waals surface area (Å²) in [5.74, 6) is 0.392. The number of halogens is 3. The maximum Gasteiger partial charge on any atom is 0.234 e. The monoisotopic (exact) mass is 279 g/mol. The first-order valence-electron chi connectivity index (χ1n) is 5.35. The van der Waals surface area contributed by atoms with Gasteiger partial charge in [0.15, 0.2) is 5.15 Å². The van der Waals surface area contributed by atoms with Crippen molar-refractivity contribution in [3.63, 3.8) is 0 Å². The molecule has 0 amide bonds. The highest BCUT2D eigenvalue weighted by Gasteiger charge is 2.18. The highest BCUT2D eigenvalue weighted by atomic mass is 35.5. The third-order valence-corrected chi connectivity index (χ3v) is 3.63. The molecule has 0 aromatic carbocycles. The maximum absolute atomic E-state index is 5.99. The van der Waals surface area contributed by atoms with Crippen LogP contribution in [0, 0.1) is 0 Å². The maximum atomic E-state index is 5.99. The molecule has 0 aliphatic heterocycles. The number of ether oxygens (including phenoxy) is 1. The Morgan fingerprint density at radius 3 is 2.44 bits per heavy atom. The average molecular weight is 281 g/mol. The van der Waals surface area contributed by atoms with Gasteiger partial charge in [-0.25, -0.2) is 0 Å². The van der Waals surface area contributed by atoms with Crippen LogP contribution in [0.2, 0.25) is 15.2 Å². The predicted octanol–water partition coefficient (Wildman–Crippen LogP) is 4.75. The van der Waals surface area contributed by atoms with E-state index in [4.69, 9.17) is 39.5 Å². The van der Waals surface area contributed by atoms with Gasteiger partial charge in [-0.1, -0.05) is 41.2 Å². The number of pyridine rings is 1. The topological polar surface area (TPSA) is 22.1 Å². The van der Waals surface area contributed by atoms with Gasteiger partial charge in [-0.05, 0) is 31.7 Å². The van der Waals surface area contributed by atoms with Crippen LogP contribution in [0.25, 0.3) is 0 Å². The molecule has 1 saturated carbocycles. The lowest BCUT2D eigenvalue weighted by molar-refractivity contribution is 0.149. The molecule has 0 radical (unpaired) electrons. The Morgan fingerprint density at radius 2 is 1.75 bits per heavy atom. The number of hydrogen-bond acceptors (Lipinski definition) is 2. The summed E-state index contributed by atoms with van der Waals surface area (Å²) >= 11 is 17.6. The van der Waals surface area contributed by atoms with E-state index in [0.29, 0.717) is 15.9 Å². The fraction of sp³-hybridized carbons (Fsp3) is 0.545. The first-order chi connectivity index (χ1) is 7.66. The summed E-state index contributed by atoms with van der Waals surface area (Å²) in [5, 5.41) is 1.000. The zero-order chi connectivity index (χ0) is 11.5. The van der Waals surface area contributed by atoms with Gasteiger partial charge in [0.25, 0.3) is 0 Å². The largest absolute Gasteiger partial charge is 0.473 e. The molecule has 2 nitrogen and oxygen atoms in total. The lowest BCUT2D eigenvalue weighted by atomic mass is 9.98. The van der Waals surface area contributed by atoms with Crippen molar-refractivity contribution in [2.75, 3.05) is 0 Å². The van der Waals surface area contributed by atoms with Gasteiger partial charge in [-0.3, -0.25) is 0 Å². The first kappa shape index (κ1) is 12.3. The van der Waals surface area contributed by atoms with Crippen LogP contribution in [0.4, 0.5) is 0 Å². The fourth-order valence-electron chi connectivity index (χ4n) is 1.85. The van der Waals surface area contributed by atoms with Crippen LogP contribution >= 0.6 is 34.8 Å². The lowest BCUT2D eigenvalue weighted by Gasteiger charge is -2.22. The minimum absolute atomic E-state index is 0.205. The van der Waals surface area contributed by atoms with Crippen molar-refractivity contribution >= 4 is 34.8 Å². The Balaban J connectivity index is 2.11. The van der Waals surface area contributed by atoms with Gasteiger partial charge in [-0.2, -0.15) is 4.98 Å². The Bertz CT molecular complexity index is 378. The summed E-state index contributed by atoms with van der Waals surface area (Å²) in [7, 11) is 0. The molecule has 1 aromatic rings. The number of aromatic nitrogens is 1. The SMILES string of the molecule is Clc1cc(Cl)c(OC2CCCCC2)nc1Cl. The highest BCUT2D eigenvalue weighted by molar-refractivity contribution is 6.42. The molecular formula is C11H12Cl3NO. The molecule has 5 heteroatoms. The Hall–Kier alpha value is -0.180. The number of nitrogens with zero attached hydrogens (tertiary/aromatic N) is 1. The van der Waals surface area contributed by atoms with Crippen molar-refractivity contribution < 1.29 is 4.74 Å². The van der Waals surface area contributed by atoms with Crippen molar-refractivity contribution in [2.45, 2.75) is 38.2 Å². The minimum Gasteiger partial charge on any atom is -0.473 e. The molecule has 0 atom stereocenters. The van der Waals surface area contributed by atoms with Crippen LogP contribution in [0.5, 0.6) is 5.88 Å². The highest BCUT2D eigenvalue weighted by Crippen LogP contribution is 2.32. The van der Waals surface area contributed by atoms with Gasteiger partial charge >= 0.3 is 0 Å². The quantitative estimate of drug-likeness (QED) is 0.729. The Kier molecular flexibility index (Phi) is 4.17. The predicted molar refractivity (Wildman–Crippen MR) is 66.8 cm³/mol. The van der Waals surface area contributed by atoms with Crippen molar-refractivity contribution in [3.05, 3.63) is 21.3 Å². The number of rotatable bonds is 2. The van der Waals surface area contributed by atoms with E-state index in [1.54, 1.807) is 6.07 Å². The first-order valence-corrected chi connectivity index (χ1v) is 6.48. The van der Waals surface area contributed by atoms with E-state index in [2.05, 4.69) is 4.98 Å². The third-order valence-electron chi connectivity index (χ3n) is 2.69. The van der Waals surface area contributed by atoms with E-state index >= 15 is 0 Å². The van der Waals surface area contributed by atoms with Crippen LogP contribution in [0.1, 0.15) is 32.1 Å². The Labute approximate surface area is 110 Å².